The molecule has 0 spiro atoms. The number of amides is 1. The van der Waals surface area contributed by atoms with Gasteiger partial charge < -0.3 is 16.2 Å². The van der Waals surface area contributed by atoms with Crippen molar-refractivity contribution in [1.29, 1.82) is 0 Å². The normalized spacial score (nSPS) is 32.1. The summed E-state index contributed by atoms with van der Waals surface area (Å²) in [5.74, 6) is 0.715. The quantitative estimate of drug-likeness (QED) is 0.661. The van der Waals surface area contributed by atoms with Crippen LogP contribution in [0.1, 0.15) is 39.5 Å². The fourth-order valence-corrected chi connectivity index (χ4v) is 2.27. The SMILES string of the molecule is CC(O)CNC(=O)C1(CN)CCC(C)CC1. The predicted octanol–water partition coefficient (Wildman–Crippen LogP) is 0.639. The Morgan fingerprint density at radius 1 is 1.56 bits per heavy atom. The fraction of sp³-hybridized carbons (Fsp3) is 0.917. The van der Waals surface area contributed by atoms with Crippen molar-refractivity contribution in [3.8, 4) is 0 Å². The van der Waals surface area contributed by atoms with Gasteiger partial charge in [0, 0.05) is 13.1 Å². The van der Waals surface area contributed by atoms with Crippen molar-refractivity contribution in [2.45, 2.75) is 45.6 Å². The maximum absolute atomic E-state index is 12.1. The molecule has 0 saturated heterocycles. The number of aliphatic hydroxyl groups excluding tert-OH is 1. The lowest BCUT2D eigenvalue weighted by Crippen LogP contribution is -2.49. The number of carbonyl (C=O) groups is 1. The predicted molar refractivity (Wildman–Crippen MR) is 63.8 cm³/mol. The molecule has 1 saturated carbocycles. The molecular weight excluding hydrogens is 204 g/mol. The number of nitrogens with two attached hydrogens (primary N) is 1. The summed E-state index contributed by atoms with van der Waals surface area (Å²) in [6.07, 6.45) is 3.38. The number of nitrogens with one attached hydrogen (secondary N) is 1. The summed E-state index contributed by atoms with van der Waals surface area (Å²) in [5.41, 5.74) is 5.38. The van der Waals surface area contributed by atoms with Gasteiger partial charge in [-0.25, -0.2) is 0 Å². The van der Waals surface area contributed by atoms with Crippen LogP contribution in [0.5, 0.6) is 0 Å². The van der Waals surface area contributed by atoms with Crippen LogP contribution in [-0.4, -0.2) is 30.2 Å². The second-order valence-corrected chi connectivity index (χ2v) is 5.23. The van der Waals surface area contributed by atoms with Gasteiger partial charge in [0.15, 0.2) is 0 Å². The molecule has 0 aromatic carbocycles. The van der Waals surface area contributed by atoms with Crippen LogP contribution in [0.2, 0.25) is 0 Å². The molecule has 0 aliphatic heterocycles. The summed E-state index contributed by atoms with van der Waals surface area (Å²) >= 11 is 0. The van der Waals surface area contributed by atoms with Gasteiger partial charge in [0.2, 0.25) is 5.91 Å². The van der Waals surface area contributed by atoms with Crippen molar-refractivity contribution in [3.63, 3.8) is 0 Å². The Hall–Kier alpha value is -0.610. The Balaban J connectivity index is 2.55. The Labute approximate surface area is 97.6 Å². The molecule has 0 bridgehead atoms. The Kier molecular flexibility index (Phi) is 4.74. The zero-order valence-corrected chi connectivity index (χ0v) is 10.3. The minimum atomic E-state index is -0.499. The van der Waals surface area contributed by atoms with Crippen LogP contribution >= 0.6 is 0 Å². The molecule has 1 unspecified atom stereocenters. The van der Waals surface area contributed by atoms with Crippen molar-refractivity contribution in [2.24, 2.45) is 17.1 Å². The monoisotopic (exact) mass is 228 g/mol. The van der Waals surface area contributed by atoms with E-state index in [4.69, 9.17) is 10.8 Å². The first-order chi connectivity index (χ1) is 7.50. The molecule has 94 valence electrons. The third kappa shape index (κ3) is 3.19. The first-order valence-corrected chi connectivity index (χ1v) is 6.16. The highest BCUT2D eigenvalue weighted by Gasteiger charge is 2.39. The molecule has 4 nitrogen and oxygen atoms in total. The van der Waals surface area contributed by atoms with Gasteiger partial charge in [0.1, 0.15) is 0 Å². The van der Waals surface area contributed by atoms with Crippen molar-refractivity contribution >= 4 is 5.91 Å². The molecule has 4 heteroatoms. The van der Waals surface area contributed by atoms with Crippen LogP contribution in [0.4, 0.5) is 0 Å². The van der Waals surface area contributed by atoms with E-state index in [0.717, 1.165) is 25.7 Å². The standard InChI is InChI=1S/C12H24N2O2/c1-9-3-5-12(8-13,6-4-9)11(16)14-7-10(2)15/h9-10,15H,3-8,13H2,1-2H3,(H,14,16). The molecule has 1 rings (SSSR count). The highest BCUT2D eigenvalue weighted by molar-refractivity contribution is 5.83. The minimum absolute atomic E-state index is 0.0165. The second kappa shape index (κ2) is 5.64. The maximum Gasteiger partial charge on any atom is 0.227 e. The summed E-state index contributed by atoms with van der Waals surface area (Å²) in [5, 5.41) is 11.9. The lowest BCUT2D eigenvalue weighted by atomic mass is 9.70. The molecular formula is C12H24N2O2. The third-order valence-corrected chi connectivity index (χ3v) is 3.66. The van der Waals surface area contributed by atoms with Crippen molar-refractivity contribution < 1.29 is 9.90 Å². The summed E-state index contributed by atoms with van der Waals surface area (Å²) in [6, 6.07) is 0. The zero-order valence-electron chi connectivity index (χ0n) is 10.3. The van der Waals surface area contributed by atoms with E-state index < -0.39 is 6.10 Å². The molecule has 0 heterocycles. The molecule has 1 amide bonds. The van der Waals surface area contributed by atoms with Gasteiger partial charge in [-0.1, -0.05) is 6.92 Å². The van der Waals surface area contributed by atoms with E-state index in [2.05, 4.69) is 12.2 Å². The van der Waals surface area contributed by atoms with E-state index in [1.54, 1.807) is 6.92 Å². The highest BCUT2D eigenvalue weighted by Crippen LogP contribution is 2.38. The number of hydrogen-bond acceptors (Lipinski definition) is 3. The molecule has 1 atom stereocenters. The van der Waals surface area contributed by atoms with Crippen molar-refractivity contribution in [1.82, 2.24) is 5.32 Å². The van der Waals surface area contributed by atoms with Crippen LogP contribution in [-0.2, 0) is 4.79 Å². The Bertz CT molecular complexity index is 233. The number of hydrogen-bond donors (Lipinski definition) is 3. The first kappa shape index (κ1) is 13.5. The van der Waals surface area contributed by atoms with E-state index >= 15 is 0 Å². The maximum atomic E-state index is 12.1. The zero-order chi connectivity index (χ0) is 12.2. The van der Waals surface area contributed by atoms with Gasteiger partial charge in [0.25, 0.3) is 0 Å². The van der Waals surface area contributed by atoms with E-state index in [9.17, 15) is 4.79 Å². The average Bonchev–Trinajstić information content (AvgIpc) is 2.27. The van der Waals surface area contributed by atoms with E-state index in [1.165, 1.54) is 0 Å². The van der Waals surface area contributed by atoms with Crippen LogP contribution in [0.15, 0.2) is 0 Å². The number of carbonyl (C=O) groups excluding carboxylic acids is 1. The van der Waals surface area contributed by atoms with Gasteiger partial charge in [-0.3, -0.25) is 4.79 Å². The number of aliphatic hydroxyl groups is 1. The van der Waals surface area contributed by atoms with E-state index in [1.807, 2.05) is 0 Å². The Morgan fingerprint density at radius 3 is 2.56 bits per heavy atom. The van der Waals surface area contributed by atoms with Crippen LogP contribution < -0.4 is 11.1 Å². The van der Waals surface area contributed by atoms with Gasteiger partial charge in [-0.2, -0.15) is 0 Å². The summed E-state index contributed by atoms with van der Waals surface area (Å²) < 4.78 is 0. The fourth-order valence-electron chi connectivity index (χ4n) is 2.27. The minimum Gasteiger partial charge on any atom is -0.392 e. The topological polar surface area (TPSA) is 75.3 Å². The van der Waals surface area contributed by atoms with Gasteiger partial charge in [-0.15, -0.1) is 0 Å². The largest absolute Gasteiger partial charge is 0.392 e. The van der Waals surface area contributed by atoms with Crippen molar-refractivity contribution in [3.05, 3.63) is 0 Å². The first-order valence-electron chi connectivity index (χ1n) is 6.16. The molecule has 0 aromatic rings. The molecule has 0 aromatic heterocycles. The Morgan fingerprint density at radius 2 is 2.12 bits per heavy atom. The molecule has 1 fully saturated rings. The lowest BCUT2D eigenvalue weighted by Gasteiger charge is -2.37. The van der Waals surface area contributed by atoms with Gasteiger partial charge >= 0.3 is 0 Å². The smallest absolute Gasteiger partial charge is 0.227 e. The number of rotatable bonds is 4. The molecule has 16 heavy (non-hydrogen) atoms. The molecule has 4 N–H and O–H groups in total. The summed E-state index contributed by atoms with van der Waals surface area (Å²) in [7, 11) is 0. The van der Waals surface area contributed by atoms with Crippen LogP contribution in [0.25, 0.3) is 0 Å². The third-order valence-electron chi connectivity index (χ3n) is 3.66. The summed E-state index contributed by atoms with van der Waals surface area (Å²) in [4.78, 5) is 12.1. The average molecular weight is 228 g/mol. The summed E-state index contributed by atoms with van der Waals surface area (Å²) in [6.45, 7) is 4.61. The lowest BCUT2D eigenvalue weighted by molar-refractivity contribution is -0.133. The highest BCUT2D eigenvalue weighted by atomic mass is 16.3. The van der Waals surface area contributed by atoms with Gasteiger partial charge in [-0.05, 0) is 38.5 Å². The van der Waals surface area contributed by atoms with Crippen LogP contribution in [0, 0.1) is 11.3 Å². The molecule has 0 radical (unpaired) electrons. The van der Waals surface area contributed by atoms with Crippen molar-refractivity contribution in [2.75, 3.05) is 13.1 Å². The molecule has 1 aliphatic rings. The van der Waals surface area contributed by atoms with Gasteiger partial charge in [0.05, 0.1) is 11.5 Å². The van der Waals surface area contributed by atoms with Crippen LogP contribution in [0.3, 0.4) is 0 Å². The second-order valence-electron chi connectivity index (χ2n) is 5.23. The van der Waals surface area contributed by atoms with E-state index in [0.29, 0.717) is 19.0 Å². The van der Waals surface area contributed by atoms with E-state index in [-0.39, 0.29) is 11.3 Å². The molecule has 1 aliphatic carbocycles.